The number of rotatable bonds is 0. The summed E-state index contributed by atoms with van der Waals surface area (Å²) in [5.74, 6) is 0. The molecule has 1 heterocycles. The van der Waals surface area contributed by atoms with Crippen LogP contribution in [0.1, 0.15) is 20.8 Å². The third-order valence-corrected chi connectivity index (χ3v) is 2.74. The van der Waals surface area contributed by atoms with Gasteiger partial charge in [0.25, 0.3) is 0 Å². The summed E-state index contributed by atoms with van der Waals surface area (Å²) in [7, 11) is 0. The van der Waals surface area contributed by atoms with E-state index in [1.54, 1.807) is 4.80 Å². The van der Waals surface area contributed by atoms with Gasteiger partial charge in [0.1, 0.15) is 0 Å². The van der Waals surface area contributed by atoms with Crippen molar-refractivity contribution in [2.45, 2.75) is 26.3 Å². The molecule has 0 saturated carbocycles. The van der Waals surface area contributed by atoms with Crippen LogP contribution in [0.2, 0.25) is 0 Å². The average molecular weight is 283 g/mol. The van der Waals surface area contributed by atoms with Gasteiger partial charge in [-0.15, -0.1) is 10.2 Å². The van der Waals surface area contributed by atoms with Crippen molar-refractivity contribution >= 4 is 31.9 Å². The van der Waals surface area contributed by atoms with E-state index in [1.807, 2.05) is 20.8 Å². The first-order chi connectivity index (χ1) is 4.91. The van der Waals surface area contributed by atoms with Gasteiger partial charge >= 0.3 is 0 Å². The molecule has 0 radical (unpaired) electrons. The van der Waals surface area contributed by atoms with Gasteiger partial charge in [0, 0.05) is 0 Å². The maximum Gasteiger partial charge on any atom is 0.162 e. The van der Waals surface area contributed by atoms with Gasteiger partial charge in [0.2, 0.25) is 0 Å². The highest BCUT2D eigenvalue weighted by Crippen LogP contribution is 2.20. The van der Waals surface area contributed by atoms with E-state index in [4.69, 9.17) is 0 Å². The maximum atomic E-state index is 4.16. The lowest BCUT2D eigenvalue weighted by Gasteiger charge is -2.16. The second-order valence-electron chi connectivity index (χ2n) is 3.24. The Labute approximate surface area is 82.4 Å². The van der Waals surface area contributed by atoms with Crippen molar-refractivity contribution in [1.82, 2.24) is 15.0 Å². The molecule has 0 spiro atoms. The standard InChI is InChI=1S/C6H9Br2N3/c1-6(2,3)11-9-4(7)5(8)10-11/h1-3H3. The van der Waals surface area contributed by atoms with Gasteiger partial charge in [-0.3, -0.25) is 0 Å². The monoisotopic (exact) mass is 281 g/mol. The van der Waals surface area contributed by atoms with Crippen molar-refractivity contribution in [2.24, 2.45) is 0 Å². The molecule has 0 amide bonds. The zero-order valence-electron chi connectivity index (χ0n) is 6.60. The highest BCUT2D eigenvalue weighted by atomic mass is 79.9. The molecule has 0 atom stereocenters. The summed E-state index contributed by atoms with van der Waals surface area (Å²) in [5, 5.41) is 8.31. The van der Waals surface area contributed by atoms with Crippen molar-refractivity contribution in [3.05, 3.63) is 9.21 Å². The van der Waals surface area contributed by atoms with E-state index in [1.165, 1.54) is 0 Å². The summed E-state index contributed by atoms with van der Waals surface area (Å²) >= 11 is 6.53. The first kappa shape index (κ1) is 9.19. The molecular formula is C6H9Br2N3. The molecule has 62 valence electrons. The van der Waals surface area contributed by atoms with E-state index < -0.39 is 0 Å². The van der Waals surface area contributed by atoms with Crippen LogP contribution < -0.4 is 0 Å². The summed E-state index contributed by atoms with van der Waals surface area (Å²) in [6.07, 6.45) is 0. The minimum absolute atomic E-state index is 0.0610. The lowest BCUT2D eigenvalue weighted by Crippen LogP contribution is -2.24. The quantitative estimate of drug-likeness (QED) is 0.732. The SMILES string of the molecule is CC(C)(C)n1nc(Br)c(Br)n1. The number of hydrogen-bond acceptors (Lipinski definition) is 2. The Morgan fingerprint density at radius 2 is 1.45 bits per heavy atom. The number of hydrogen-bond donors (Lipinski definition) is 0. The van der Waals surface area contributed by atoms with Crippen molar-refractivity contribution < 1.29 is 0 Å². The van der Waals surface area contributed by atoms with E-state index in [0.29, 0.717) is 0 Å². The summed E-state index contributed by atoms with van der Waals surface area (Å²) in [5.41, 5.74) is -0.0610. The molecule has 0 aromatic carbocycles. The fourth-order valence-electron chi connectivity index (χ4n) is 0.571. The minimum atomic E-state index is -0.0610. The van der Waals surface area contributed by atoms with E-state index in [9.17, 15) is 0 Å². The third kappa shape index (κ3) is 2.02. The van der Waals surface area contributed by atoms with E-state index in [-0.39, 0.29) is 5.54 Å². The molecular weight excluding hydrogens is 274 g/mol. The Morgan fingerprint density at radius 1 is 1.09 bits per heavy atom. The van der Waals surface area contributed by atoms with Crippen LogP contribution in [0.15, 0.2) is 9.21 Å². The van der Waals surface area contributed by atoms with Crippen LogP contribution in [-0.4, -0.2) is 15.0 Å². The van der Waals surface area contributed by atoms with Gasteiger partial charge in [0.15, 0.2) is 9.21 Å². The number of aromatic nitrogens is 3. The van der Waals surface area contributed by atoms with Crippen LogP contribution in [0.3, 0.4) is 0 Å². The zero-order chi connectivity index (χ0) is 8.65. The fourth-order valence-corrected chi connectivity index (χ4v) is 1.03. The lowest BCUT2D eigenvalue weighted by atomic mass is 10.1. The molecule has 5 heteroatoms. The number of nitrogens with zero attached hydrogens (tertiary/aromatic N) is 3. The van der Waals surface area contributed by atoms with Crippen LogP contribution in [0.25, 0.3) is 0 Å². The first-order valence-corrected chi connectivity index (χ1v) is 4.78. The van der Waals surface area contributed by atoms with Crippen LogP contribution in [0.5, 0.6) is 0 Å². The summed E-state index contributed by atoms with van der Waals surface area (Å²) in [4.78, 5) is 1.67. The second-order valence-corrected chi connectivity index (χ2v) is 4.74. The lowest BCUT2D eigenvalue weighted by molar-refractivity contribution is 0.310. The highest BCUT2D eigenvalue weighted by molar-refractivity contribution is 9.13. The van der Waals surface area contributed by atoms with E-state index in [0.717, 1.165) is 9.21 Å². The molecule has 0 unspecified atom stereocenters. The normalized spacial score (nSPS) is 12.1. The Bertz CT molecular complexity index is 242. The molecule has 1 aromatic heterocycles. The predicted molar refractivity (Wildman–Crippen MR) is 50.4 cm³/mol. The van der Waals surface area contributed by atoms with Gasteiger partial charge in [-0.25, -0.2) is 0 Å². The van der Waals surface area contributed by atoms with E-state index in [2.05, 4.69) is 42.1 Å². The van der Waals surface area contributed by atoms with Gasteiger partial charge in [0.05, 0.1) is 5.54 Å². The smallest absolute Gasteiger partial charge is 0.162 e. The van der Waals surface area contributed by atoms with Crippen molar-refractivity contribution in [1.29, 1.82) is 0 Å². The van der Waals surface area contributed by atoms with Gasteiger partial charge in [-0.1, -0.05) is 0 Å². The first-order valence-electron chi connectivity index (χ1n) is 3.20. The predicted octanol–water partition coefficient (Wildman–Crippen LogP) is 2.56. The number of halogens is 2. The van der Waals surface area contributed by atoms with Crippen molar-refractivity contribution in [3.8, 4) is 0 Å². The van der Waals surface area contributed by atoms with E-state index >= 15 is 0 Å². The second kappa shape index (κ2) is 2.86. The molecule has 3 nitrogen and oxygen atoms in total. The Balaban J connectivity index is 3.08. The molecule has 0 aliphatic carbocycles. The van der Waals surface area contributed by atoms with Crippen molar-refractivity contribution in [3.63, 3.8) is 0 Å². The summed E-state index contributed by atoms with van der Waals surface area (Å²) in [6.45, 7) is 6.14. The summed E-state index contributed by atoms with van der Waals surface area (Å²) < 4.78 is 1.49. The van der Waals surface area contributed by atoms with Crippen LogP contribution >= 0.6 is 31.9 Å². The minimum Gasteiger partial charge on any atom is -0.177 e. The Hall–Kier alpha value is 0.1000. The molecule has 0 N–H and O–H groups in total. The van der Waals surface area contributed by atoms with Crippen molar-refractivity contribution in [2.75, 3.05) is 0 Å². The topological polar surface area (TPSA) is 30.7 Å². The average Bonchev–Trinajstić information content (AvgIpc) is 2.11. The molecule has 1 aromatic rings. The third-order valence-electron chi connectivity index (χ3n) is 1.14. The maximum absolute atomic E-state index is 4.16. The molecule has 11 heavy (non-hydrogen) atoms. The van der Waals surface area contributed by atoms with Gasteiger partial charge < -0.3 is 0 Å². The molecule has 0 aliphatic rings. The van der Waals surface area contributed by atoms with Crippen LogP contribution in [0.4, 0.5) is 0 Å². The zero-order valence-corrected chi connectivity index (χ0v) is 9.77. The van der Waals surface area contributed by atoms with Gasteiger partial charge in [-0.05, 0) is 52.6 Å². The van der Waals surface area contributed by atoms with Crippen LogP contribution in [-0.2, 0) is 5.54 Å². The molecule has 0 aliphatic heterocycles. The summed E-state index contributed by atoms with van der Waals surface area (Å²) in [6, 6.07) is 0. The molecule has 0 saturated heterocycles. The molecule has 0 bridgehead atoms. The highest BCUT2D eigenvalue weighted by Gasteiger charge is 2.17. The Morgan fingerprint density at radius 3 is 1.64 bits per heavy atom. The Kier molecular flexibility index (Phi) is 2.39. The van der Waals surface area contributed by atoms with Crippen LogP contribution in [0, 0.1) is 0 Å². The molecule has 1 rings (SSSR count). The fraction of sp³-hybridized carbons (Fsp3) is 0.667. The van der Waals surface area contributed by atoms with Gasteiger partial charge in [-0.2, -0.15) is 4.80 Å². The largest absolute Gasteiger partial charge is 0.177 e. The molecule has 0 fully saturated rings.